The van der Waals surface area contributed by atoms with Gasteiger partial charge < -0.3 is 9.84 Å². The minimum Gasteiger partial charge on any atom is -0.485 e. The molecule has 3 nitrogen and oxygen atoms in total. The summed E-state index contributed by atoms with van der Waals surface area (Å²) in [5.41, 5.74) is 2.34. The van der Waals surface area contributed by atoms with Crippen molar-refractivity contribution < 1.29 is 9.84 Å². The molecule has 0 bridgehead atoms. The molecule has 0 amide bonds. The maximum atomic E-state index is 10.1. The normalized spacial score (nSPS) is 21.0. The molecule has 100 valence electrons. The van der Waals surface area contributed by atoms with Crippen LogP contribution < -0.4 is 4.74 Å². The quantitative estimate of drug-likeness (QED) is 0.752. The second kappa shape index (κ2) is 4.09. The third-order valence-electron chi connectivity index (χ3n) is 3.76. The van der Waals surface area contributed by atoms with Crippen LogP contribution in [0.15, 0.2) is 18.2 Å². The van der Waals surface area contributed by atoms with Crippen LogP contribution in [0.4, 0.5) is 0 Å². The number of benzene rings is 1. The number of hydrogen-bond donors (Lipinski definition) is 1. The lowest BCUT2D eigenvalue weighted by atomic mass is 9.90. The molecule has 1 aliphatic heterocycles. The summed E-state index contributed by atoms with van der Waals surface area (Å²) in [5.74, 6) is 0.829. The van der Waals surface area contributed by atoms with Crippen molar-refractivity contribution in [1.82, 2.24) is 4.98 Å². The van der Waals surface area contributed by atoms with Gasteiger partial charge in [0.05, 0.1) is 11.6 Å². The van der Waals surface area contributed by atoms with E-state index in [0.29, 0.717) is 11.6 Å². The highest BCUT2D eigenvalue weighted by atomic mass is 35.5. The van der Waals surface area contributed by atoms with Crippen molar-refractivity contribution in [2.45, 2.75) is 38.9 Å². The van der Waals surface area contributed by atoms with Crippen LogP contribution >= 0.6 is 11.6 Å². The molecule has 3 rings (SSSR count). The Morgan fingerprint density at radius 1 is 1.37 bits per heavy atom. The fourth-order valence-corrected chi connectivity index (χ4v) is 2.74. The van der Waals surface area contributed by atoms with Crippen LogP contribution in [0.3, 0.4) is 0 Å². The number of aryl methyl sites for hydroxylation is 1. The molecule has 1 N–H and O–H groups in total. The van der Waals surface area contributed by atoms with Crippen molar-refractivity contribution in [3.63, 3.8) is 0 Å². The molecule has 19 heavy (non-hydrogen) atoms. The fraction of sp³-hybridized carbons (Fsp3) is 0.400. The summed E-state index contributed by atoms with van der Waals surface area (Å²) in [6, 6.07) is 5.80. The Balaban J connectivity index is 2.22. The van der Waals surface area contributed by atoms with Gasteiger partial charge in [-0.2, -0.15) is 0 Å². The number of aromatic nitrogens is 1. The van der Waals surface area contributed by atoms with Crippen molar-refractivity contribution >= 4 is 22.5 Å². The number of rotatable bonds is 0. The van der Waals surface area contributed by atoms with Crippen molar-refractivity contribution in [3.05, 3.63) is 34.5 Å². The highest BCUT2D eigenvalue weighted by molar-refractivity contribution is 6.29. The first-order valence-corrected chi connectivity index (χ1v) is 6.71. The first kappa shape index (κ1) is 12.7. The number of pyridine rings is 1. The highest BCUT2D eigenvalue weighted by Gasteiger charge is 2.35. The Morgan fingerprint density at radius 3 is 2.84 bits per heavy atom. The summed E-state index contributed by atoms with van der Waals surface area (Å²) in [6.07, 6.45) is 0.0589. The van der Waals surface area contributed by atoms with Crippen LogP contribution in [0.1, 0.15) is 25.0 Å². The van der Waals surface area contributed by atoms with E-state index in [1.165, 1.54) is 0 Å². The number of fused-ring (bicyclic) bond motifs is 2. The van der Waals surface area contributed by atoms with Gasteiger partial charge in [-0.05, 0) is 50.1 Å². The maximum Gasteiger partial charge on any atom is 0.130 e. The average Bonchev–Trinajstić information content (AvgIpc) is 2.29. The zero-order valence-corrected chi connectivity index (χ0v) is 12.0. The molecule has 2 aromatic rings. The maximum absolute atomic E-state index is 10.1. The van der Waals surface area contributed by atoms with E-state index >= 15 is 0 Å². The summed E-state index contributed by atoms with van der Waals surface area (Å²) in [4.78, 5) is 4.33. The van der Waals surface area contributed by atoms with Crippen molar-refractivity contribution in [2.75, 3.05) is 0 Å². The Bertz CT molecular complexity index is 667. The molecule has 0 saturated carbocycles. The van der Waals surface area contributed by atoms with Gasteiger partial charge in [0, 0.05) is 11.8 Å². The second-order valence-corrected chi connectivity index (χ2v) is 6.05. The van der Waals surface area contributed by atoms with E-state index in [4.69, 9.17) is 16.3 Å². The minimum absolute atomic E-state index is 0.488. The lowest BCUT2D eigenvalue weighted by Crippen LogP contribution is -2.46. The Hall–Kier alpha value is -1.32. The lowest BCUT2D eigenvalue weighted by Gasteiger charge is -2.37. The molecule has 1 aromatic heterocycles. The van der Waals surface area contributed by atoms with E-state index in [1.807, 2.05) is 39.0 Å². The monoisotopic (exact) mass is 277 g/mol. The number of nitrogens with zero attached hydrogens (tertiary/aromatic N) is 1. The van der Waals surface area contributed by atoms with Gasteiger partial charge in [0.1, 0.15) is 16.5 Å². The molecule has 1 aliphatic rings. The number of aliphatic hydroxyl groups excluding tert-OH is 1. The number of ether oxygens (including phenoxy) is 1. The predicted octanol–water partition coefficient (Wildman–Crippen LogP) is 3.27. The molecule has 0 aliphatic carbocycles. The zero-order valence-electron chi connectivity index (χ0n) is 11.2. The van der Waals surface area contributed by atoms with Gasteiger partial charge in [0.2, 0.25) is 0 Å². The predicted molar refractivity (Wildman–Crippen MR) is 75.9 cm³/mol. The molecule has 1 atom stereocenters. The SMILES string of the molecule is Cc1cc(Cl)nc2cc3c(cc12)OC(C)(C)C(O)C3. The third kappa shape index (κ3) is 2.07. The van der Waals surface area contributed by atoms with Crippen molar-refractivity contribution in [1.29, 1.82) is 0 Å². The topological polar surface area (TPSA) is 42.4 Å². The van der Waals surface area contributed by atoms with Gasteiger partial charge in [-0.3, -0.25) is 0 Å². The van der Waals surface area contributed by atoms with E-state index in [2.05, 4.69) is 4.98 Å². The van der Waals surface area contributed by atoms with E-state index < -0.39 is 11.7 Å². The minimum atomic E-state index is -0.561. The summed E-state index contributed by atoms with van der Waals surface area (Å²) < 4.78 is 5.91. The van der Waals surface area contributed by atoms with Crippen LogP contribution in [0.5, 0.6) is 5.75 Å². The molecule has 0 fully saturated rings. The highest BCUT2D eigenvalue weighted by Crippen LogP contribution is 2.36. The largest absolute Gasteiger partial charge is 0.485 e. The average molecular weight is 278 g/mol. The van der Waals surface area contributed by atoms with Gasteiger partial charge in [-0.15, -0.1) is 0 Å². The van der Waals surface area contributed by atoms with Crippen LogP contribution in [0.2, 0.25) is 5.15 Å². The van der Waals surface area contributed by atoms with Gasteiger partial charge in [0.15, 0.2) is 0 Å². The zero-order chi connectivity index (χ0) is 13.8. The van der Waals surface area contributed by atoms with Gasteiger partial charge in [-0.25, -0.2) is 4.98 Å². The Kier molecular flexibility index (Phi) is 2.73. The van der Waals surface area contributed by atoms with E-state index in [1.54, 1.807) is 0 Å². The molecule has 4 heteroatoms. The van der Waals surface area contributed by atoms with Crippen molar-refractivity contribution in [2.24, 2.45) is 0 Å². The third-order valence-corrected chi connectivity index (χ3v) is 3.95. The van der Waals surface area contributed by atoms with Crippen LogP contribution in [0.25, 0.3) is 10.9 Å². The van der Waals surface area contributed by atoms with Crippen LogP contribution in [-0.4, -0.2) is 21.8 Å². The molecular formula is C15H16ClNO2. The summed E-state index contributed by atoms with van der Waals surface area (Å²) >= 11 is 5.99. The van der Waals surface area contributed by atoms with Crippen LogP contribution in [-0.2, 0) is 6.42 Å². The van der Waals surface area contributed by atoms with E-state index in [-0.39, 0.29) is 0 Å². The number of aliphatic hydroxyl groups is 1. The number of halogens is 1. The standard InChI is InChI=1S/C15H16ClNO2/c1-8-4-14(16)17-11-5-9-6-13(18)15(2,3)19-12(9)7-10(8)11/h4-5,7,13,18H,6H2,1-3H3. The summed E-state index contributed by atoms with van der Waals surface area (Å²) in [6.45, 7) is 5.81. The van der Waals surface area contributed by atoms with Gasteiger partial charge >= 0.3 is 0 Å². The molecular weight excluding hydrogens is 262 g/mol. The molecule has 1 unspecified atom stereocenters. The lowest BCUT2D eigenvalue weighted by molar-refractivity contribution is -0.0410. The Labute approximate surface area is 117 Å². The molecule has 2 heterocycles. The van der Waals surface area contributed by atoms with Gasteiger partial charge in [0.25, 0.3) is 0 Å². The first-order valence-electron chi connectivity index (χ1n) is 6.34. The van der Waals surface area contributed by atoms with Crippen molar-refractivity contribution in [3.8, 4) is 5.75 Å². The van der Waals surface area contributed by atoms with Gasteiger partial charge in [-0.1, -0.05) is 11.6 Å². The smallest absolute Gasteiger partial charge is 0.130 e. The van der Waals surface area contributed by atoms with E-state index in [9.17, 15) is 5.11 Å². The molecule has 0 radical (unpaired) electrons. The summed E-state index contributed by atoms with van der Waals surface area (Å²) in [7, 11) is 0. The van der Waals surface area contributed by atoms with Crippen LogP contribution in [0, 0.1) is 6.92 Å². The van der Waals surface area contributed by atoms with E-state index in [0.717, 1.165) is 27.8 Å². The molecule has 0 saturated heterocycles. The first-order chi connectivity index (χ1) is 8.87. The molecule has 0 spiro atoms. The summed E-state index contributed by atoms with van der Waals surface area (Å²) in [5, 5.41) is 11.6. The molecule has 1 aromatic carbocycles. The Morgan fingerprint density at radius 2 is 2.11 bits per heavy atom. The fourth-order valence-electron chi connectivity index (χ4n) is 2.48. The number of hydrogen-bond acceptors (Lipinski definition) is 3. The second-order valence-electron chi connectivity index (χ2n) is 5.66.